The van der Waals surface area contributed by atoms with Crippen LogP contribution in [0, 0.1) is 6.92 Å². The largest absolute Gasteiger partial charge is 0.507 e. The van der Waals surface area contributed by atoms with Crippen molar-refractivity contribution in [3.63, 3.8) is 0 Å². The van der Waals surface area contributed by atoms with Crippen LogP contribution in [-0.2, 0) is 0 Å². The van der Waals surface area contributed by atoms with Gasteiger partial charge in [-0.25, -0.2) is 10.1 Å². The van der Waals surface area contributed by atoms with E-state index in [4.69, 9.17) is 0 Å². The van der Waals surface area contributed by atoms with Crippen LogP contribution < -0.4 is 11.0 Å². The number of aryl methyl sites for hydroxylation is 1. The third kappa shape index (κ3) is 3.53. The third-order valence-corrected chi connectivity index (χ3v) is 4.61. The molecule has 4 rings (SSSR count). The first kappa shape index (κ1) is 19.0. The number of aromatic amines is 1. The summed E-state index contributed by atoms with van der Waals surface area (Å²) < 4.78 is 1.41. The summed E-state index contributed by atoms with van der Waals surface area (Å²) in [5.74, 6) is -0.736. The Bertz CT molecular complexity index is 1300. The van der Waals surface area contributed by atoms with Crippen molar-refractivity contribution in [3.8, 4) is 5.75 Å². The number of aromatic nitrogens is 2. The van der Waals surface area contributed by atoms with E-state index in [1.165, 1.54) is 16.8 Å². The van der Waals surface area contributed by atoms with Crippen molar-refractivity contribution in [2.75, 3.05) is 0 Å². The number of allylic oxidation sites excluding steroid dienone is 3. The number of H-pyrrole nitrogens is 1. The van der Waals surface area contributed by atoms with Crippen molar-refractivity contribution >= 4 is 17.3 Å². The van der Waals surface area contributed by atoms with E-state index in [1.807, 2.05) is 18.2 Å². The van der Waals surface area contributed by atoms with Gasteiger partial charge in [0, 0.05) is 17.3 Å². The highest BCUT2D eigenvalue weighted by atomic mass is 16.3. The van der Waals surface area contributed by atoms with Crippen LogP contribution in [0.15, 0.2) is 88.5 Å². The molecular formula is C23H18N4O3. The van der Waals surface area contributed by atoms with Crippen LogP contribution in [0.4, 0.5) is 0 Å². The van der Waals surface area contributed by atoms with Crippen molar-refractivity contribution in [2.24, 2.45) is 5.10 Å². The van der Waals surface area contributed by atoms with Gasteiger partial charge in [0.25, 0.3) is 11.5 Å². The number of hydrogen-bond donors (Lipinski definition) is 3. The molecule has 7 heteroatoms. The van der Waals surface area contributed by atoms with Crippen LogP contribution in [-0.4, -0.2) is 26.5 Å². The first-order valence-corrected chi connectivity index (χ1v) is 9.23. The highest BCUT2D eigenvalue weighted by Gasteiger charge is 2.21. The molecule has 3 aromatic rings. The molecule has 1 aliphatic carbocycles. The summed E-state index contributed by atoms with van der Waals surface area (Å²) in [5, 5.41) is 17.2. The molecule has 0 radical (unpaired) electrons. The van der Waals surface area contributed by atoms with E-state index in [-0.39, 0.29) is 16.9 Å². The molecule has 0 atom stereocenters. The van der Waals surface area contributed by atoms with Gasteiger partial charge < -0.3 is 5.11 Å². The molecule has 1 heterocycles. The Morgan fingerprint density at radius 3 is 2.57 bits per heavy atom. The number of nitrogens with one attached hydrogen (secondary N) is 2. The fourth-order valence-corrected chi connectivity index (χ4v) is 3.15. The van der Waals surface area contributed by atoms with Crippen LogP contribution >= 0.6 is 0 Å². The van der Waals surface area contributed by atoms with Gasteiger partial charge in [-0.1, -0.05) is 42.5 Å². The van der Waals surface area contributed by atoms with Crippen molar-refractivity contribution < 1.29 is 9.90 Å². The number of hydrogen-bond acceptors (Lipinski definition) is 4. The Kier molecular flexibility index (Phi) is 5.03. The normalized spacial score (nSPS) is 12.8. The van der Waals surface area contributed by atoms with Crippen LogP contribution in [0.5, 0.6) is 5.75 Å². The predicted molar refractivity (Wildman–Crippen MR) is 114 cm³/mol. The number of carbonyl (C=O) groups is 1. The predicted octanol–water partition coefficient (Wildman–Crippen LogP) is 2.94. The van der Waals surface area contributed by atoms with Gasteiger partial charge >= 0.3 is 0 Å². The van der Waals surface area contributed by atoms with Crippen molar-refractivity contribution in [2.45, 2.75) is 6.92 Å². The van der Waals surface area contributed by atoms with Gasteiger partial charge in [0.1, 0.15) is 11.5 Å². The zero-order chi connectivity index (χ0) is 21.1. The second-order valence-electron chi connectivity index (χ2n) is 6.61. The number of carbonyl (C=O) groups excluding carboxylic acids is 1. The summed E-state index contributed by atoms with van der Waals surface area (Å²) in [6, 6.07) is 15.3. The fraction of sp³-hybridized carbons (Fsp3) is 0.0435. The second-order valence-corrected chi connectivity index (χ2v) is 6.61. The molecule has 7 nitrogen and oxygen atoms in total. The number of nitrogens with zero attached hydrogens (tertiary/aromatic N) is 2. The molecule has 1 aliphatic rings. The van der Waals surface area contributed by atoms with Gasteiger partial charge in [0.15, 0.2) is 0 Å². The van der Waals surface area contributed by atoms with Gasteiger partial charge in [-0.05, 0) is 31.2 Å². The summed E-state index contributed by atoms with van der Waals surface area (Å²) in [4.78, 5) is 25.7. The zero-order valence-electron chi connectivity index (χ0n) is 16.1. The van der Waals surface area contributed by atoms with Crippen molar-refractivity contribution in [1.29, 1.82) is 0 Å². The third-order valence-electron chi connectivity index (χ3n) is 4.61. The summed E-state index contributed by atoms with van der Waals surface area (Å²) in [7, 11) is 0. The molecule has 30 heavy (non-hydrogen) atoms. The van der Waals surface area contributed by atoms with E-state index in [0.29, 0.717) is 28.2 Å². The van der Waals surface area contributed by atoms with Crippen LogP contribution in [0.3, 0.4) is 0 Å². The second kappa shape index (κ2) is 7.95. The molecule has 0 saturated carbocycles. The number of phenols is 1. The monoisotopic (exact) mass is 398 g/mol. The van der Waals surface area contributed by atoms with Crippen molar-refractivity contribution in [3.05, 3.63) is 111 Å². The van der Waals surface area contributed by atoms with Gasteiger partial charge in [0.05, 0.1) is 16.8 Å². The standard InChI is InChI=1S/C23H18N4O3/c1-15-20(23(30)27(26-15)17-11-5-6-12-17)21(16-9-3-2-4-10-16)24-25-22(29)18-13-7-8-14-19(18)28/h2-5,7-14,26,28H,1H3,(H,25,29). The highest BCUT2D eigenvalue weighted by molar-refractivity contribution is 6.14. The Morgan fingerprint density at radius 2 is 1.87 bits per heavy atom. The Morgan fingerprint density at radius 1 is 1.13 bits per heavy atom. The fourth-order valence-electron chi connectivity index (χ4n) is 3.15. The Labute approximate surface area is 172 Å². The molecule has 0 fully saturated rings. The lowest BCUT2D eigenvalue weighted by Crippen LogP contribution is -2.25. The molecule has 0 spiro atoms. The number of phenolic OH excluding ortho intramolecular Hbond substituents is 1. The minimum Gasteiger partial charge on any atom is -0.507 e. The number of amides is 1. The quantitative estimate of drug-likeness (QED) is 0.350. The molecular weight excluding hydrogens is 380 g/mol. The maximum absolute atomic E-state index is 13.2. The van der Waals surface area contributed by atoms with Gasteiger partial charge in [-0.3, -0.25) is 14.7 Å². The van der Waals surface area contributed by atoms with E-state index in [9.17, 15) is 14.7 Å². The average molecular weight is 398 g/mol. The number of aromatic hydroxyl groups is 1. The molecule has 3 N–H and O–H groups in total. The lowest BCUT2D eigenvalue weighted by Gasteiger charge is -2.07. The molecule has 0 saturated heterocycles. The summed E-state index contributed by atoms with van der Waals surface area (Å²) in [6.07, 6.45) is 5.18. The summed E-state index contributed by atoms with van der Waals surface area (Å²) in [5.41, 5.74) is 7.72. The van der Waals surface area contributed by atoms with E-state index < -0.39 is 5.91 Å². The molecule has 2 aromatic carbocycles. The minimum atomic E-state index is -0.583. The number of para-hydroxylation sites is 1. The topological polar surface area (TPSA) is 99.5 Å². The van der Waals surface area contributed by atoms with Gasteiger partial charge in [-0.2, -0.15) is 5.10 Å². The van der Waals surface area contributed by atoms with Crippen LogP contribution in [0.1, 0.15) is 27.2 Å². The molecule has 148 valence electrons. The Hall–Kier alpha value is -4.35. The van der Waals surface area contributed by atoms with E-state index in [1.54, 1.807) is 49.4 Å². The first-order chi connectivity index (χ1) is 14.6. The van der Waals surface area contributed by atoms with E-state index >= 15 is 0 Å². The molecule has 0 bridgehead atoms. The number of rotatable bonds is 5. The lowest BCUT2D eigenvalue weighted by atomic mass is 10.0. The van der Waals surface area contributed by atoms with Crippen LogP contribution in [0.25, 0.3) is 5.70 Å². The smallest absolute Gasteiger partial charge is 0.281 e. The highest BCUT2D eigenvalue weighted by Crippen LogP contribution is 2.16. The first-order valence-electron chi connectivity index (χ1n) is 9.23. The van der Waals surface area contributed by atoms with Crippen molar-refractivity contribution in [1.82, 2.24) is 15.2 Å². The van der Waals surface area contributed by atoms with Crippen LogP contribution in [0.2, 0.25) is 0 Å². The Balaban J connectivity index is 1.78. The SMILES string of the molecule is Cc1[nH]n(C2=CC=C=C2)c(=O)c1C(=NNC(=O)c1ccccc1O)c1ccccc1. The summed E-state index contributed by atoms with van der Waals surface area (Å²) >= 11 is 0. The molecule has 0 unspecified atom stereocenters. The average Bonchev–Trinajstić information content (AvgIpc) is 3.38. The number of benzene rings is 2. The summed E-state index contributed by atoms with van der Waals surface area (Å²) in [6.45, 7) is 1.77. The van der Waals surface area contributed by atoms with Gasteiger partial charge in [0.2, 0.25) is 0 Å². The maximum Gasteiger partial charge on any atom is 0.281 e. The lowest BCUT2D eigenvalue weighted by molar-refractivity contribution is 0.0952. The van der Waals surface area contributed by atoms with E-state index in [2.05, 4.69) is 21.4 Å². The van der Waals surface area contributed by atoms with E-state index in [0.717, 1.165) is 0 Å². The minimum absolute atomic E-state index is 0.0872. The zero-order valence-corrected chi connectivity index (χ0v) is 16.1. The molecule has 0 aliphatic heterocycles. The van der Waals surface area contributed by atoms with Gasteiger partial charge in [-0.15, -0.1) is 5.73 Å². The molecule has 1 aromatic heterocycles. The molecule has 1 amide bonds. The number of hydrazone groups is 1. The maximum atomic E-state index is 13.2.